The maximum Gasteiger partial charge on any atom is 0.298 e. The number of aromatic nitrogens is 2. The molecular formula is C13H10N2O2S. The number of rotatable bonds is 2. The summed E-state index contributed by atoms with van der Waals surface area (Å²) in [4.78, 5) is 4.10. The number of hydrogen-bond acceptors (Lipinski definition) is 5. The first-order valence-corrected chi connectivity index (χ1v) is 6.19. The van der Waals surface area contributed by atoms with Crippen molar-refractivity contribution < 1.29 is 9.84 Å². The van der Waals surface area contributed by atoms with Gasteiger partial charge >= 0.3 is 0 Å². The molecule has 0 saturated carbocycles. The predicted molar refractivity (Wildman–Crippen MR) is 70.3 cm³/mol. The Morgan fingerprint density at radius 2 is 1.89 bits per heavy atom. The quantitative estimate of drug-likeness (QED) is 0.764. The van der Waals surface area contributed by atoms with E-state index < -0.39 is 0 Å². The van der Waals surface area contributed by atoms with Crippen LogP contribution in [0.15, 0.2) is 36.4 Å². The van der Waals surface area contributed by atoms with Gasteiger partial charge in [0.15, 0.2) is 11.5 Å². The summed E-state index contributed by atoms with van der Waals surface area (Å²) in [6.45, 7) is 1.80. The molecular weight excluding hydrogens is 248 g/mol. The Balaban J connectivity index is 2.03. The fourth-order valence-electron chi connectivity index (χ4n) is 1.70. The van der Waals surface area contributed by atoms with Crippen LogP contribution in [0.3, 0.4) is 0 Å². The highest BCUT2D eigenvalue weighted by Gasteiger charge is 2.09. The van der Waals surface area contributed by atoms with Crippen LogP contribution in [0, 0.1) is 6.92 Å². The first-order chi connectivity index (χ1) is 8.72. The topological polar surface area (TPSA) is 55.2 Å². The third-order valence-corrected chi connectivity index (χ3v) is 3.22. The van der Waals surface area contributed by atoms with E-state index in [1.54, 1.807) is 19.1 Å². The average Bonchev–Trinajstić information content (AvgIpc) is 2.76. The van der Waals surface area contributed by atoms with Crippen molar-refractivity contribution >= 4 is 22.3 Å². The van der Waals surface area contributed by atoms with Crippen molar-refractivity contribution in [1.29, 1.82) is 0 Å². The van der Waals surface area contributed by atoms with Crippen LogP contribution in [0.5, 0.6) is 16.7 Å². The predicted octanol–water partition coefficient (Wildman–Crippen LogP) is 3.50. The summed E-state index contributed by atoms with van der Waals surface area (Å²) < 4.78 is 9.56. The number of ether oxygens (including phenoxy) is 1. The molecule has 3 rings (SSSR count). The van der Waals surface area contributed by atoms with Crippen LogP contribution in [-0.2, 0) is 0 Å². The minimum absolute atomic E-state index is 0.0987. The molecule has 0 saturated heterocycles. The maximum absolute atomic E-state index is 9.91. The van der Waals surface area contributed by atoms with Gasteiger partial charge in [0.05, 0.1) is 0 Å². The van der Waals surface area contributed by atoms with E-state index in [0.29, 0.717) is 16.8 Å². The molecule has 0 bridgehead atoms. The number of benzene rings is 2. The third kappa shape index (κ3) is 2.00. The van der Waals surface area contributed by atoms with Crippen molar-refractivity contribution in [2.75, 3.05) is 0 Å². The molecule has 5 heteroatoms. The van der Waals surface area contributed by atoms with E-state index in [9.17, 15) is 5.11 Å². The molecule has 0 unspecified atom stereocenters. The summed E-state index contributed by atoms with van der Waals surface area (Å²) in [7, 11) is 0. The molecule has 90 valence electrons. The number of fused-ring (bicyclic) bond motifs is 1. The second kappa shape index (κ2) is 4.27. The van der Waals surface area contributed by atoms with E-state index in [1.165, 1.54) is 0 Å². The first-order valence-electron chi connectivity index (χ1n) is 5.42. The molecule has 1 aromatic heterocycles. The molecule has 0 aliphatic carbocycles. The average molecular weight is 258 g/mol. The zero-order valence-electron chi connectivity index (χ0n) is 9.62. The fraction of sp³-hybridized carbons (Fsp3) is 0.0769. The minimum atomic E-state index is 0.0987. The van der Waals surface area contributed by atoms with Gasteiger partial charge in [-0.1, -0.05) is 24.3 Å². The lowest BCUT2D eigenvalue weighted by atomic mass is 10.1. The standard InChI is InChI=1S/C13H10N2O2S/c1-8-14-13(18-15-8)17-12-7-10-5-3-2-4-9(10)6-11(12)16/h2-7,16H,1H3. The van der Waals surface area contributed by atoms with Crippen LogP contribution in [0.1, 0.15) is 5.82 Å². The fourth-order valence-corrected chi connectivity index (χ4v) is 2.25. The third-order valence-electron chi connectivity index (χ3n) is 2.53. The lowest BCUT2D eigenvalue weighted by Gasteiger charge is -2.06. The van der Waals surface area contributed by atoms with Crippen LogP contribution in [0.25, 0.3) is 10.8 Å². The van der Waals surface area contributed by atoms with Crippen molar-refractivity contribution in [2.45, 2.75) is 6.92 Å². The van der Waals surface area contributed by atoms with Gasteiger partial charge in [0.2, 0.25) is 0 Å². The number of hydrogen-bond donors (Lipinski definition) is 1. The van der Waals surface area contributed by atoms with Gasteiger partial charge < -0.3 is 9.84 Å². The largest absolute Gasteiger partial charge is 0.504 e. The molecule has 0 amide bonds. The van der Waals surface area contributed by atoms with Gasteiger partial charge in [0.25, 0.3) is 5.19 Å². The summed E-state index contributed by atoms with van der Waals surface area (Å²) in [6, 6.07) is 11.2. The Morgan fingerprint density at radius 1 is 1.17 bits per heavy atom. The highest BCUT2D eigenvalue weighted by atomic mass is 32.1. The minimum Gasteiger partial charge on any atom is -0.504 e. The summed E-state index contributed by atoms with van der Waals surface area (Å²) in [5.41, 5.74) is 0. The second-order valence-corrected chi connectivity index (χ2v) is 4.59. The smallest absolute Gasteiger partial charge is 0.298 e. The van der Waals surface area contributed by atoms with Gasteiger partial charge in [0.1, 0.15) is 5.82 Å². The number of phenolic OH excluding ortho intramolecular Hbond substituents is 1. The Hall–Kier alpha value is -2.14. The van der Waals surface area contributed by atoms with Gasteiger partial charge in [0, 0.05) is 11.5 Å². The monoisotopic (exact) mass is 258 g/mol. The van der Waals surface area contributed by atoms with E-state index in [2.05, 4.69) is 9.36 Å². The van der Waals surface area contributed by atoms with Crippen LogP contribution in [-0.4, -0.2) is 14.5 Å². The summed E-state index contributed by atoms with van der Waals surface area (Å²) in [5, 5.41) is 12.3. The highest BCUT2D eigenvalue weighted by Crippen LogP contribution is 2.35. The van der Waals surface area contributed by atoms with Gasteiger partial charge in [-0.3, -0.25) is 0 Å². The molecule has 0 radical (unpaired) electrons. The molecule has 18 heavy (non-hydrogen) atoms. The van der Waals surface area contributed by atoms with Crippen LogP contribution >= 0.6 is 11.5 Å². The summed E-state index contributed by atoms with van der Waals surface area (Å²) in [6.07, 6.45) is 0. The molecule has 0 aliphatic heterocycles. The van der Waals surface area contributed by atoms with E-state index in [0.717, 1.165) is 22.3 Å². The van der Waals surface area contributed by atoms with E-state index >= 15 is 0 Å². The van der Waals surface area contributed by atoms with Gasteiger partial charge in [-0.25, -0.2) is 0 Å². The highest BCUT2D eigenvalue weighted by molar-refractivity contribution is 7.07. The lowest BCUT2D eigenvalue weighted by Crippen LogP contribution is -1.85. The molecule has 1 heterocycles. The van der Waals surface area contributed by atoms with Gasteiger partial charge in [-0.2, -0.15) is 9.36 Å². The van der Waals surface area contributed by atoms with Crippen molar-refractivity contribution in [3.8, 4) is 16.7 Å². The summed E-state index contributed by atoms with van der Waals surface area (Å²) in [5.74, 6) is 1.15. The van der Waals surface area contributed by atoms with E-state index in [4.69, 9.17) is 4.74 Å². The van der Waals surface area contributed by atoms with Crippen molar-refractivity contribution in [2.24, 2.45) is 0 Å². The molecule has 0 spiro atoms. The second-order valence-electron chi connectivity index (χ2n) is 3.88. The van der Waals surface area contributed by atoms with Crippen molar-refractivity contribution in [3.05, 3.63) is 42.2 Å². The van der Waals surface area contributed by atoms with Gasteiger partial charge in [-0.15, -0.1) is 0 Å². The Bertz CT molecular complexity index is 709. The number of nitrogens with zero attached hydrogens (tertiary/aromatic N) is 2. The number of phenols is 1. The molecule has 4 nitrogen and oxygen atoms in total. The SMILES string of the molecule is Cc1nsc(Oc2cc3ccccc3cc2O)n1. The zero-order chi connectivity index (χ0) is 12.5. The van der Waals surface area contributed by atoms with Gasteiger partial charge in [-0.05, 0) is 29.8 Å². The Morgan fingerprint density at radius 3 is 2.56 bits per heavy atom. The molecule has 0 aliphatic rings. The molecule has 1 N–H and O–H groups in total. The van der Waals surface area contributed by atoms with Crippen LogP contribution in [0.4, 0.5) is 0 Å². The summed E-state index contributed by atoms with van der Waals surface area (Å²) >= 11 is 1.16. The number of aryl methyl sites for hydroxylation is 1. The maximum atomic E-state index is 9.91. The molecule has 0 fully saturated rings. The van der Waals surface area contributed by atoms with Crippen LogP contribution in [0.2, 0.25) is 0 Å². The van der Waals surface area contributed by atoms with E-state index in [1.807, 2.05) is 24.3 Å². The molecule has 2 aromatic carbocycles. The normalized spacial score (nSPS) is 10.7. The Kier molecular flexibility index (Phi) is 2.60. The molecule has 0 atom stereocenters. The van der Waals surface area contributed by atoms with Crippen molar-refractivity contribution in [1.82, 2.24) is 9.36 Å². The molecule has 3 aromatic rings. The Labute approximate surface area is 108 Å². The van der Waals surface area contributed by atoms with Crippen LogP contribution < -0.4 is 4.74 Å². The van der Waals surface area contributed by atoms with Crippen molar-refractivity contribution in [3.63, 3.8) is 0 Å². The van der Waals surface area contributed by atoms with E-state index in [-0.39, 0.29) is 5.75 Å². The zero-order valence-corrected chi connectivity index (χ0v) is 10.4. The number of aromatic hydroxyl groups is 1. The lowest BCUT2D eigenvalue weighted by molar-refractivity contribution is 0.410. The first kappa shape index (κ1) is 11.0.